The Balaban J connectivity index is 1.69. The quantitative estimate of drug-likeness (QED) is 0.751. The molecule has 0 bridgehead atoms. The normalized spacial score (nSPS) is 11.5. The van der Waals surface area contributed by atoms with Crippen molar-refractivity contribution in [1.29, 1.82) is 0 Å². The molecule has 0 aliphatic heterocycles. The summed E-state index contributed by atoms with van der Waals surface area (Å²) >= 11 is 5.81. The van der Waals surface area contributed by atoms with E-state index < -0.39 is 6.23 Å². The first-order chi connectivity index (χ1) is 11.6. The molecule has 2 aromatic rings. The highest BCUT2D eigenvalue weighted by Crippen LogP contribution is 2.16. The lowest BCUT2D eigenvalue weighted by Gasteiger charge is -2.16. The van der Waals surface area contributed by atoms with Crippen molar-refractivity contribution in [3.63, 3.8) is 0 Å². The molecule has 5 nitrogen and oxygen atoms in total. The highest BCUT2D eigenvalue weighted by molar-refractivity contribution is 6.30. The molecule has 6 heteroatoms. The minimum absolute atomic E-state index is 0.273. The maximum Gasteiger partial charge on any atom is 0.317 e. The number of carbonyl (C=O) groups excluding carboxylic acids is 1. The van der Waals surface area contributed by atoms with Gasteiger partial charge < -0.3 is 20.1 Å². The molecule has 1 unspecified atom stereocenters. The molecule has 0 fully saturated rings. The summed E-state index contributed by atoms with van der Waals surface area (Å²) in [6.45, 7) is 2.30. The van der Waals surface area contributed by atoms with E-state index in [9.17, 15) is 4.79 Å². The Labute approximate surface area is 146 Å². The summed E-state index contributed by atoms with van der Waals surface area (Å²) in [6.07, 6.45) is 0.288. The SMILES string of the molecule is COc1ccc(CCNC(=O)NC(C)Oc2ccc(Cl)cc2)cc1. The molecule has 0 aromatic heterocycles. The van der Waals surface area contributed by atoms with Crippen LogP contribution in [0.5, 0.6) is 11.5 Å². The molecule has 2 rings (SSSR count). The van der Waals surface area contributed by atoms with Gasteiger partial charge in [-0.3, -0.25) is 0 Å². The van der Waals surface area contributed by atoms with Crippen LogP contribution in [0.2, 0.25) is 5.02 Å². The number of methoxy groups -OCH3 is 1. The molecule has 0 spiro atoms. The molecule has 2 aromatic carbocycles. The lowest BCUT2D eigenvalue weighted by atomic mass is 10.1. The van der Waals surface area contributed by atoms with Gasteiger partial charge in [0.25, 0.3) is 0 Å². The first-order valence-electron chi connectivity index (χ1n) is 7.66. The monoisotopic (exact) mass is 348 g/mol. The van der Waals surface area contributed by atoms with Gasteiger partial charge in [0.15, 0.2) is 6.23 Å². The topological polar surface area (TPSA) is 59.6 Å². The van der Waals surface area contributed by atoms with Crippen LogP contribution in [0, 0.1) is 0 Å². The fourth-order valence-electron chi connectivity index (χ4n) is 2.09. The van der Waals surface area contributed by atoms with Crippen LogP contribution in [0.15, 0.2) is 48.5 Å². The maximum absolute atomic E-state index is 11.8. The van der Waals surface area contributed by atoms with Crippen LogP contribution in [0.3, 0.4) is 0 Å². The second-order valence-electron chi connectivity index (χ2n) is 5.21. The number of urea groups is 1. The van der Waals surface area contributed by atoms with Crippen molar-refractivity contribution < 1.29 is 14.3 Å². The number of hydrogen-bond donors (Lipinski definition) is 2. The zero-order chi connectivity index (χ0) is 17.4. The first kappa shape index (κ1) is 17.9. The van der Waals surface area contributed by atoms with Crippen molar-refractivity contribution in [1.82, 2.24) is 10.6 Å². The largest absolute Gasteiger partial charge is 0.497 e. The van der Waals surface area contributed by atoms with Crippen LogP contribution >= 0.6 is 11.6 Å². The average molecular weight is 349 g/mol. The zero-order valence-electron chi connectivity index (χ0n) is 13.7. The summed E-state index contributed by atoms with van der Waals surface area (Å²) in [5.41, 5.74) is 1.13. The molecule has 2 N–H and O–H groups in total. The van der Waals surface area contributed by atoms with Crippen molar-refractivity contribution in [2.24, 2.45) is 0 Å². The van der Waals surface area contributed by atoms with Crippen molar-refractivity contribution in [3.05, 3.63) is 59.1 Å². The molecule has 0 saturated carbocycles. The van der Waals surface area contributed by atoms with Gasteiger partial charge in [-0.25, -0.2) is 4.79 Å². The van der Waals surface area contributed by atoms with Crippen LogP contribution in [0.1, 0.15) is 12.5 Å². The summed E-state index contributed by atoms with van der Waals surface area (Å²) in [6, 6.07) is 14.5. The zero-order valence-corrected chi connectivity index (χ0v) is 14.5. The molecule has 0 aliphatic carbocycles. The van der Waals surface area contributed by atoms with Gasteiger partial charge in [-0.15, -0.1) is 0 Å². The molecule has 0 aliphatic rings. The van der Waals surface area contributed by atoms with Crippen LogP contribution in [-0.4, -0.2) is 25.9 Å². The highest BCUT2D eigenvalue weighted by atomic mass is 35.5. The Hall–Kier alpha value is -2.40. The molecule has 0 saturated heterocycles. The Bertz CT molecular complexity index is 644. The van der Waals surface area contributed by atoms with E-state index in [4.69, 9.17) is 21.1 Å². The average Bonchev–Trinajstić information content (AvgIpc) is 2.57. The molecular weight excluding hydrogens is 328 g/mol. The van der Waals surface area contributed by atoms with Crippen LogP contribution in [-0.2, 0) is 6.42 Å². The van der Waals surface area contributed by atoms with Crippen molar-refractivity contribution in [2.45, 2.75) is 19.6 Å². The highest BCUT2D eigenvalue weighted by Gasteiger charge is 2.08. The number of carbonyl (C=O) groups is 1. The van der Waals surface area contributed by atoms with E-state index in [0.717, 1.165) is 17.7 Å². The van der Waals surface area contributed by atoms with Gasteiger partial charge in [-0.05, 0) is 55.3 Å². The number of halogens is 1. The second kappa shape index (κ2) is 9.03. The predicted octanol–water partition coefficient (Wildman–Crippen LogP) is 3.62. The van der Waals surface area contributed by atoms with Gasteiger partial charge in [0, 0.05) is 11.6 Å². The Morgan fingerprint density at radius 1 is 1.08 bits per heavy atom. The van der Waals surface area contributed by atoms with E-state index in [0.29, 0.717) is 17.3 Å². The maximum atomic E-state index is 11.8. The Morgan fingerprint density at radius 3 is 2.33 bits per heavy atom. The summed E-state index contributed by atoms with van der Waals surface area (Å²) in [4.78, 5) is 11.8. The van der Waals surface area contributed by atoms with E-state index in [1.54, 1.807) is 38.3 Å². The minimum Gasteiger partial charge on any atom is -0.497 e. The first-order valence-corrected chi connectivity index (χ1v) is 8.04. The fourth-order valence-corrected chi connectivity index (χ4v) is 2.22. The number of nitrogens with one attached hydrogen (secondary N) is 2. The van der Waals surface area contributed by atoms with E-state index >= 15 is 0 Å². The van der Waals surface area contributed by atoms with Crippen molar-refractivity contribution in [3.8, 4) is 11.5 Å². The molecule has 0 radical (unpaired) electrons. The smallest absolute Gasteiger partial charge is 0.317 e. The Kier molecular flexibility index (Phi) is 6.75. The summed E-state index contributed by atoms with van der Waals surface area (Å²) in [7, 11) is 1.63. The third-order valence-electron chi connectivity index (χ3n) is 3.32. The summed E-state index contributed by atoms with van der Waals surface area (Å²) in [5, 5.41) is 6.16. The Morgan fingerprint density at radius 2 is 1.71 bits per heavy atom. The van der Waals surface area contributed by atoms with Crippen molar-refractivity contribution in [2.75, 3.05) is 13.7 Å². The van der Waals surface area contributed by atoms with Gasteiger partial charge in [0.1, 0.15) is 11.5 Å². The molecule has 0 heterocycles. The van der Waals surface area contributed by atoms with Gasteiger partial charge in [-0.2, -0.15) is 0 Å². The summed E-state index contributed by atoms with van der Waals surface area (Å²) in [5.74, 6) is 1.46. The summed E-state index contributed by atoms with van der Waals surface area (Å²) < 4.78 is 10.7. The van der Waals surface area contributed by atoms with Crippen LogP contribution in [0.25, 0.3) is 0 Å². The van der Waals surface area contributed by atoms with Gasteiger partial charge in [0.2, 0.25) is 0 Å². The molecule has 24 heavy (non-hydrogen) atoms. The van der Waals surface area contributed by atoms with E-state index in [-0.39, 0.29) is 6.03 Å². The number of amides is 2. The number of rotatable bonds is 7. The van der Waals surface area contributed by atoms with E-state index in [1.807, 2.05) is 24.3 Å². The molecular formula is C18H21ClN2O3. The van der Waals surface area contributed by atoms with Crippen molar-refractivity contribution >= 4 is 17.6 Å². The van der Waals surface area contributed by atoms with E-state index in [2.05, 4.69) is 10.6 Å². The number of benzene rings is 2. The molecule has 2 amide bonds. The lowest BCUT2D eigenvalue weighted by Crippen LogP contribution is -2.43. The minimum atomic E-state index is -0.452. The number of ether oxygens (including phenoxy) is 2. The number of hydrogen-bond acceptors (Lipinski definition) is 3. The van der Waals surface area contributed by atoms with E-state index in [1.165, 1.54) is 0 Å². The van der Waals surface area contributed by atoms with Gasteiger partial charge in [0.05, 0.1) is 7.11 Å². The third-order valence-corrected chi connectivity index (χ3v) is 3.57. The fraction of sp³-hybridized carbons (Fsp3) is 0.278. The van der Waals surface area contributed by atoms with Gasteiger partial charge in [-0.1, -0.05) is 23.7 Å². The standard InChI is InChI=1S/C18H21ClN2O3/c1-13(24-17-9-5-15(19)6-10-17)21-18(22)20-12-11-14-3-7-16(23-2)8-4-14/h3-10,13H,11-12H2,1-2H3,(H2,20,21,22). The second-order valence-corrected chi connectivity index (χ2v) is 5.65. The van der Waals surface area contributed by atoms with Crippen LogP contribution < -0.4 is 20.1 Å². The predicted molar refractivity (Wildman–Crippen MR) is 94.8 cm³/mol. The molecule has 128 valence electrons. The van der Waals surface area contributed by atoms with Crippen LogP contribution in [0.4, 0.5) is 4.79 Å². The molecule has 1 atom stereocenters. The van der Waals surface area contributed by atoms with Gasteiger partial charge >= 0.3 is 6.03 Å². The lowest BCUT2D eigenvalue weighted by molar-refractivity contribution is 0.177. The third kappa shape index (κ3) is 6.01.